The fraction of sp³-hybridized carbons (Fsp3) is 0.632. The van der Waals surface area contributed by atoms with Gasteiger partial charge in [-0.05, 0) is 43.2 Å². The van der Waals surface area contributed by atoms with Crippen LogP contribution in [0.2, 0.25) is 0 Å². The molecule has 0 unspecified atom stereocenters. The minimum Gasteiger partial charge on any atom is -0.335 e. The highest BCUT2D eigenvalue weighted by Crippen LogP contribution is 2.38. The van der Waals surface area contributed by atoms with Crippen molar-refractivity contribution in [2.75, 3.05) is 13.1 Å². The molecule has 3 aliphatic rings. The van der Waals surface area contributed by atoms with Crippen LogP contribution >= 0.6 is 11.3 Å². The number of carbonyl (C=O) groups is 3. The van der Waals surface area contributed by atoms with Crippen LogP contribution in [0.25, 0.3) is 0 Å². The molecule has 6 heteroatoms. The Bertz CT molecular complexity index is 689. The molecule has 1 saturated heterocycles. The van der Waals surface area contributed by atoms with Crippen molar-refractivity contribution in [2.24, 2.45) is 11.8 Å². The van der Waals surface area contributed by atoms with Crippen molar-refractivity contribution >= 4 is 29.1 Å². The first-order chi connectivity index (χ1) is 12.1. The van der Waals surface area contributed by atoms with Gasteiger partial charge in [0, 0.05) is 24.4 Å². The summed E-state index contributed by atoms with van der Waals surface area (Å²) in [6.45, 7) is 3.02. The topological polar surface area (TPSA) is 57.7 Å². The molecule has 0 spiro atoms. The summed E-state index contributed by atoms with van der Waals surface area (Å²) in [5, 5.41) is 2.08. The van der Waals surface area contributed by atoms with E-state index in [0.717, 1.165) is 38.6 Å². The first-order valence-corrected chi connectivity index (χ1v) is 10.2. The van der Waals surface area contributed by atoms with E-state index in [1.54, 1.807) is 11.3 Å². The molecule has 3 amide bonds. The van der Waals surface area contributed by atoms with Gasteiger partial charge < -0.3 is 4.90 Å². The number of hydrogen-bond donors (Lipinski definition) is 0. The third kappa shape index (κ3) is 2.80. The molecule has 4 rings (SSSR count). The number of hydrogen-bond acceptors (Lipinski definition) is 4. The fourth-order valence-electron chi connectivity index (χ4n) is 4.65. The van der Waals surface area contributed by atoms with E-state index in [1.165, 1.54) is 15.3 Å². The molecular formula is C19H24N2O3S. The van der Waals surface area contributed by atoms with Gasteiger partial charge in [-0.1, -0.05) is 12.8 Å². The maximum Gasteiger partial charge on any atom is 0.233 e. The molecule has 3 atom stereocenters. The Labute approximate surface area is 152 Å². The molecule has 0 N–H and O–H groups in total. The average molecular weight is 360 g/mol. The first-order valence-electron chi connectivity index (χ1n) is 9.29. The summed E-state index contributed by atoms with van der Waals surface area (Å²) in [4.78, 5) is 42.4. The van der Waals surface area contributed by atoms with Crippen LogP contribution in [-0.2, 0) is 20.8 Å². The third-order valence-corrected chi connectivity index (χ3v) is 7.08. The third-order valence-electron chi connectivity index (χ3n) is 6.08. The fourth-order valence-corrected chi connectivity index (χ4v) is 5.62. The summed E-state index contributed by atoms with van der Waals surface area (Å²) in [5.41, 5.74) is 1.24. The lowest BCUT2D eigenvalue weighted by molar-refractivity contribution is -0.141. The molecule has 5 nitrogen and oxygen atoms in total. The monoisotopic (exact) mass is 360 g/mol. The van der Waals surface area contributed by atoms with E-state index in [4.69, 9.17) is 0 Å². The van der Waals surface area contributed by atoms with Crippen molar-refractivity contribution in [1.82, 2.24) is 9.80 Å². The molecule has 0 aromatic carbocycles. The second kappa shape index (κ2) is 6.56. The van der Waals surface area contributed by atoms with E-state index in [-0.39, 0.29) is 48.6 Å². The van der Waals surface area contributed by atoms with Gasteiger partial charge in [-0.25, -0.2) is 0 Å². The summed E-state index contributed by atoms with van der Waals surface area (Å²) in [6.07, 6.45) is 4.84. The second-order valence-electron chi connectivity index (χ2n) is 7.39. The van der Waals surface area contributed by atoms with Gasteiger partial charge >= 0.3 is 0 Å². The number of carbonyl (C=O) groups excluding carboxylic acids is 3. The number of amides is 3. The van der Waals surface area contributed by atoms with Crippen molar-refractivity contribution in [2.45, 2.75) is 51.5 Å². The van der Waals surface area contributed by atoms with Crippen LogP contribution in [0, 0.1) is 11.8 Å². The highest BCUT2D eigenvalue weighted by atomic mass is 32.1. The highest BCUT2D eigenvalue weighted by Gasteiger charge is 2.48. The molecule has 2 aliphatic heterocycles. The van der Waals surface area contributed by atoms with Crippen molar-refractivity contribution in [3.05, 3.63) is 21.9 Å². The molecular weight excluding hydrogens is 336 g/mol. The summed E-state index contributed by atoms with van der Waals surface area (Å²) >= 11 is 1.75. The van der Waals surface area contributed by atoms with Gasteiger partial charge in [-0.3, -0.25) is 19.3 Å². The van der Waals surface area contributed by atoms with Crippen LogP contribution in [0.5, 0.6) is 0 Å². The number of rotatable bonds is 3. The van der Waals surface area contributed by atoms with E-state index in [1.807, 2.05) is 4.90 Å². The second-order valence-corrected chi connectivity index (χ2v) is 8.39. The molecule has 2 fully saturated rings. The Morgan fingerprint density at radius 3 is 2.56 bits per heavy atom. The molecule has 25 heavy (non-hydrogen) atoms. The quantitative estimate of drug-likeness (QED) is 0.779. The van der Waals surface area contributed by atoms with E-state index >= 15 is 0 Å². The number of likely N-dealkylation sites (tertiary alicyclic amines) is 1. The number of thiophene rings is 1. The smallest absolute Gasteiger partial charge is 0.233 e. The Hall–Kier alpha value is -1.69. The average Bonchev–Trinajstić information content (AvgIpc) is 3.19. The van der Waals surface area contributed by atoms with Gasteiger partial charge in [0.1, 0.15) is 0 Å². The largest absolute Gasteiger partial charge is 0.335 e. The highest BCUT2D eigenvalue weighted by molar-refractivity contribution is 7.10. The lowest BCUT2D eigenvalue weighted by Crippen LogP contribution is -2.41. The minimum absolute atomic E-state index is 0.0415. The van der Waals surface area contributed by atoms with Crippen molar-refractivity contribution in [3.63, 3.8) is 0 Å². The van der Waals surface area contributed by atoms with Crippen LogP contribution in [-0.4, -0.2) is 40.6 Å². The van der Waals surface area contributed by atoms with E-state index in [9.17, 15) is 14.4 Å². The van der Waals surface area contributed by atoms with Crippen LogP contribution in [0.3, 0.4) is 0 Å². The minimum atomic E-state index is -0.126. The molecule has 1 aromatic heterocycles. The lowest BCUT2D eigenvalue weighted by Gasteiger charge is -2.34. The van der Waals surface area contributed by atoms with Crippen LogP contribution in [0.15, 0.2) is 11.4 Å². The predicted molar refractivity (Wildman–Crippen MR) is 94.9 cm³/mol. The lowest BCUT2D eigenvalue weighted by atomic mass is 9.81. The Morgan fingerprint density at radius 2 is 1.88 bits per heavy atom. The van der Waals surface area contributed by atoms with Gasteiger partial charge in [0.15, 0.2) is 0 Å². The number of nitrogens with zero attached hydrogens (tertiary/aromatic N) is 2. The van der Waals surface area contributed by atoms with Crippen LogP contribution in [0.4, 0.5) is 0 Å². The van der Waals surface area contributed by atoms with Crippen molar-refractivity contribution in [3.8, 4) is 0 Å². The molecule has 0 bridgehead atoms. The maximum atomic E-state index is 12.7. The Balaban J connectivity index is 1.39. The van der Waals surface area contributed by atoms with Crippen LogP contribution < -0.4 is 0 Å². The van der Waals surface area contributed by atoms with Crippen molar-refractivity contribution in [1.29, 1.82) is 0 Å². The zero-order valence-electron chi connectivity index (χ0n) is 14.6. The van der Waals surface area contributed by atoms with E-state index in [2.05, 4.69) is 18.4 Å². The van der Waals surface area contributed by atoms with Gasteiger partial charge in [0.05, 0.1) is 17.9 Å². The standard InChI is InChI=1S/C19H24N2O3S/c1-12-13-8-11-25-16(13)6-9-20(12)17(22)7-10-21-18(23)14-4-2-3-5-15(14)19(21)24/h8,11-12,14-15H,2-7,9-10H2,1H3/t12-,14-,15+/m1/s1. The van der Waals surface area contributed by atoms with E-state index in [0.29, 0.717) is 0 Å². The number of imide groups is 1. The Morgan fingerprint density at radius 1 is 1.20 bits per heavy atom. The summed E-state index contributed by atoms with van der Waals surface area (Å²) in [6, 6.07) is 2.18. The van der Waals surface area contributed by atoms with Gasteiger partial charge in [0.25, 0.3) is 0 Å². The van der Waals surface area contributed by atoms with Gasteiger partial charge in [-0.2, -0.15) is 0 Å². The van der Waals surface area contributed by atoms with E-state index < -0.39 is 0 Å². The predicted octanol–water partition coefficient (Wildman–Crippen LogP) is 2.76. The molecule has 1 aromatic rings. The molecule has 134 valence electrons. The SMILES string of the molecule is C[C@@H]1c2ccsc2CCN1C(=O)CCN1C(=O)[C@H]2CCCC[C@H]2C1=O. The zero-order chi connectivity index (χ0) is 17.6. The summed E-state index contributed by atoms with van der Waals surface area (Å²) in [7, 11) is 0. The normalized spacial score (nSPS) is 28.9. The van der Waals surface area contributed by atoms with Gasteiger partial charge in [-0.15, -0.1) is 11.3 Å². The van der Waals surface area contributed by atoms with Gasteiger partial charge in [0.2, 0.25) is 17.7 Å². The summed E-state index contributed by atoms with van der Waals surface area (Å²) in [5.74, 6) is -0.305. The molecule has 1 saturated carbocycles. The molecule has 1 aliphatic carbocycles. The van der Waals surface area contributed by atoms with Crippen molar-refractivity contribution < 1.29 is 14.4 Å². The zero-order valence-corrected chi connectivity index (χ0v) is 15.4. The molecule has 3 heterocycles. The number of fused-ring (bicyclic) bond motifs is 2. The summed E-state index contributed by atoms with van der Waals surface area (Å²) < 4.78 is 0. The Kier molecular flexibility index (Phi) is 4.40. The first kappa shape index (κ1) is 16.8. The molecule has 0 radical (unpaired) electrons. The maximum absolute atomic E-state index is 12.7. The van der Waals surface area contributed by atoms with Crippen LogP contribution in [0.1, 0.15) is 55.5 Å².